The third-order valence-electron chi connectivity index (χ3n) is 4.64. The van der Waals surface area contributed by atoms with Gasteiger partial charge < -0.3 is 4.74 Å². The smallest absolute Gasteiger partial charge is 0.296 e. The molecular formula is C22H23N5O2. The molecule has 148 valence electrons. The van der Waals surface area contributed by atoms with Crippen molar-refractivity contribution in [3.8, 4) is 11.4 Å². The second-order valence-electron chi connectivity index (χ2n) is 7.05. The molecule has 0 aliphatic carbocycles. The van der Waals surface area contributed by atoms with Crippen LogP contribution >= 0.6 is 0 Å². The Kier molecular flexibility index (Phi) is 5.39. The maximum Gasteiger partial charge on any atom is 0.296 e. The lowest BCUT2D eigenvalue weighted by atomic mass is 10.2. The maximum atomic E-state index is 12.8. The molecule has 0 saturated carbocycles. The Morgan fingerprint density at radius 3 is 2.72 bits per heavy atom. The largest absolute Gasteiger partial charge is 0.492 e. The van der Waals surface area contributed by atoms with Crippen molar-refractivity contribution in [3.63, 3.8) is 0 Å². The minimum absolute atomic E-state index is 0.205. The van der Waals surface area contributed by atoms with Crippen LogP contribution in [0.5, 0.6) is 5.75 Å². The minimum atomic E-state index is -0.205. The minimum Gasteiger partial charge on any atom is -0.492 e. The van der Waals surface area contributed by atoms with Crippen molar-refractivity contribution < 1.29 is 4.74 Å². The monoisotopic (exact) mass is 389 g/mol. The molecule has 0 spiro atoms. The van der Waals surface area contributed by atoms with E-state index in [9.17, 15) is 4.79 Å². The molecule has 0 atom stereocenters. The Morgan fingerprint density at radius 2 is 1.93 bits per heavy atom. The van der Waals surface area contributed by atoms with Crippen molar-refractivity contribution in [1.82, 2.24) is 24.5 Å². The number of likely N-dealkylation sites (N-methyl/N-ethyl adjacent to an activating group) is 1. The van der Waals surface area contributed by atoms with E-state index in [2.05, 4.69) is 10.2 Å². The van der Waals surface area contributed by atoms with Crippen LogP contribution in [-0.4, -0.2) is 44.7 Å². The Labute approximate surface area is 168 Å². The second kappa shape index (κ2) is 8.28. The topological polar surface area (TPSA) is 65.2 Å². The summed E-state index contributed by atoms with van der Waals surface area (Å²) in [7, 11) is 1.93. The highest BCUT2D eigenvalue weighted by Crippen LogP contribution is 2.13. The standard InChI is InChI=1S/C22H23N5O2/c1-17-7-6-10-20(13-17)29-12-11-25(2)16-27-22(28)21-18(14-23-27)15-26(24-21)19-8-4-3-5-9-19/h3-10,13-15H,11-12,16H2,1-2H3. The first-order chi connectivity index (χ1) is 14.1. The molecule has 0 saturated heterocycles. The van der Waals surface area contributed by atoms with Crippen molar-refractivity contribution in [3.05, 3.63) is 82.9 Å². The van der Waals surface area contributed by atoms with Gasteiger partial charge in [0.05, 0.1) is 18.6 Å². The fourth-order valence-electron chi connectivity index (χ4n) is 3.09. The third-order valence-corrected chi connectivity index (χ3v) is 4.64. The summed E-state index contributed by atoms with van der Waals surface area (Å²) in [6.45, 7) is 3.59. The predicted octanol–water partition coefficient (Wildman–Crippen LogP) is 2.86. The fourth-order valence-corrected chi connectivity index (χ4v) is 3.09. The first-order valence-electron chi connectivity index (χ1n) is 9.49. The molecule has 0 amide bonds. The predicted molar refractivity (Wildman–Crippen MR) is 112 cm³/mol. The zero-order valence-electron chi connectivity index (χ0n) is 16.5. The number of hydrogen-bond donors (Lipinski definition) is 0. The molecular weight excluding hydrogens is 366 g/mol. The average molecular weight is 389 g/mol. The SMILES string of the molecule is Cc1cccc(OCCN(C)Cn2ncc3cn(-c4ccccc4)nc3c2=O)c1. The molecule has 29 heavy (non-hydrogen) atoms. The fraction of sp³-hybridized carbons (Fsp3) is 0.227. The number of rotatable bonds is 7. The van der Waals surface area contributed by atoms with Gasteiger partial charge in [-0.05, 0) is 43.8 Å². The number of aromatic nitrogens is 4. The summed E-state index contributed by atoms with van der Waals surface area (Å²) in [6, 6.07) is 17.7. The van der Waals surface area contributed by atoms with Crippen LogP contribution in [-0.2, 0) is 6.67 Å². The Bertz CT molecular complexity index is 1170. The molecule has 7 nitrogen and oxygen atoms in total. The molecule has 0 bridgehead atoms. The van der Waals surface area contributed by atoms with E-state index < -0.39 is 0 Å². The molecule has 0 N–H and O–H groups in total. The maximum absolute atomic E-state index is 12.8. The van der Waals surface area contributed by atoms with Crippen molar-refractivity contribution in [2.75, 3.05) is 20.2 Å². The van der Waals surface area contributed by atoms with E-state index in [1.165, 1.54) is 4.68 Å². The second-order valence-corrected chi connectivity index (χ2v) is 7.05. The molecule has 0 aliphatic heterocycles. The molecule has 7 heteroatoms. The van der Waals surface area contributed by atoms with Crippen molar-refractivity contribution in [1.29, 1.82) is 0 Å². The van der Waals surface area contributed by atoms with E-state index in [-0.39, 0.29) is 5.56 Å². The number of aryl methyl sites for hydroxylation is 1. The number of para-hydroxylation sites is 1. The summed E-state index contributed by atoms with van der Waals surface area (Å²) in [4.78, 5) is 14.8. The lowest BCUT2D eigenvalue weighted by Gasteiger charge is -2.17. The lowest BCUT2D eigenvalue weighted by Crippen LogP contribution is -2.33. The van der Waals surface area contributed by atoms with Crippen LogP contribution in [0.3, 0.4) is 0 Å². The first kappa shape index (κ1) is 18.9. The third kappa shape index (κ3) is 4.35. The number of ether oxygens (including phenoxy) is 1. The van der Waals surface area contributed by atoms with Gasteiger partial charge in [-0.2, -0.15) is 10.2 Å². The van der Waals surface area contributed by atoms with Crippen LogP contribution in [0.4, 0.5) is 0 Å². The van der Waals surface area contributed by atoms with Gasteiger partial charge >= 0.3 is 0 Å². The molecule has 4 aromatic rings. The van der Waals surface area contributed by atoms with Gasteiger partial charge in [-0.15, -0.1) is 0 Å². The molecule has 2 aromatic heterocycles. The van der Waals surface area contributed by atoms with Gasteiger partial charge in [0.1, 0.15) is 12.4 Å². The summed E-state index contributed by atoms with van der Waals surface area (Å²) in [5.41, 5.74) is 2.27. The summed E-state index contributed by atoms with van der Waals surface area (Å²) in [5, 5.41) is 9.48. The van der Waals surface area contributed by atoms with Crippen LogP contribution in [0, 0.1) is 6.92 Å². The Morgan fingerprint density at radius 1 is 1.10 bits per heavy atom. The molecule has 0 radical (unpaired) electrons. The number of hydrogen-bond acceptors (Lipinski definition) is 5. The summed E-state index contributed by atoms with van der Waals surface area (Å²) >= 11 is 0. The highest BCUT2D eigenvalue weighted by molar-refractivity contribution is 5.76. The molecule has 4 rings (SSSR count). The van der Waals surface area contributed by atoms with Crippen LogP contribution in [0.1, 0.15) is 5.56 Å². The van der Waals surface area contributed by atoms with Crippen molar-refractivity contribution >= 4 is 10.9 Å². The van der Waals surface area contributed by atoms with Gasteiger partial charge in [0, 0.05) is 18.1 Å². The Balaban J connectivity index is 1.43. The van der Waals surface area contributed by atoms with Crippen LogP contribution < -0.4 is 10.3 Å². The van der Waals surface area contributed by atoms with Gasteiger partial charge in [0.2, 0.25) is 0 Å². The van der Waals surface area contributed by atoms with Crippen molar-refractivity contribution in [2.45, 2.75) is 13.6 Å². The normalized spacial score (nSPS) is 11.3. The van der Waals surface area contributed by atoms with E-state index in [0.29, 0.717) is 25.3 Å². The van der Waals surface area contributed by atoms with E-state index in [0.717, 1.165) is 22.4 Å². The van der Waals surface area contributed by atoms with Gasteiger partial charge in [-0.3, -0.25) is 9.69 Å². The zero-order valence-corrected chi connectivity index (χ0v) is 16.5. The summed E-state index contributed by atoms with van der Waals surface area (Å²) < 4.78 is 8.92. The van der Waals surface area contributed by atoms with Gasteiger partial charge in [0.15, 0.2) is 5.52 Å². The van der Waals surface area contributed by atoms with Gasteiger partial charge in [-0.25, -0.2) is 9.36 Å². The van der Waals surface area contributed by atoms with E-state index >= 15 is 0 Å². The van der Waals surface area contributed by atoms with Crippen molar-refractivity contribution in [2.24, 2.45) is 0 Å². The molecule has 0 unspecified atom stereocenters. The van der Waals surface area contributed by atoms with Gasteiger partial charge in [0.25, 0.3) is 5.56 Å². The average Bonchev–Trinajstić information content (AvgIpc) is 3.16. The summed E-state index contributed by atoms with van der Waals surface area (Å²) in [6.07, 6.45) is 3.50. The zero-order chi connectivity index (χ0) is 20.2. The molecule has 2 heterocycles. The Hall–Kier alpha value is -3.45. The molecule has 0 fully saturated rings. The van der Waals surface area contributed by atoms with E-state index in [4.69, 9.17) is 4.74 Å². The first-order valence-corrected chi connectivity index (χ1v) is 9.49. The highest BCUT2D eigenvalue weighted by Gasteiger charge is 2.11. The van der Waals surface area contributed by atoms with Gasteiger partial charge in [-0.1, -0.05) is 30.3 Å². The van der Waals surface area contributed by atoms with Crippen LogP contribution in [0.25, 0.3) is 16.6 Å². The number of nitrogens with zero attached hydrogens (tertiary/aromatic N) is 5. The van der Waals surface area contributed by atoms with E-state index in [1.807, 2.05) is 79.7 Å². The molecule has 2 aromatic carbocycles. The van der Waals surface area contributed by atoms with Crippen LogP contribution in [0.2, 0.25) is 0 Å². The van der Waals surface area contributed by atoms with Crippen LogP contribution in [0.15, 0.2) is 71.8 Å². The number of fused-ring (bicyclic) bond motifs is 1. The quantitative estimate of drug-likeness (QED) is 0.486. The molecule has 0 aliphatic rings. The lowest BCUT2D eigenvalue weighted by molar-refractivity contribution is 0.196. The number of benzene rings is 2. The highest BCUT2D eigenvalue weighted by atomic mass is 16.5. The van der Waals surface area contributed by atoms with E-state index in [1.54, 1.807) is 10.9 Å². The summed E-state index contributed by atoms with van der Waals surface area (Å²) in [5.74, 6) is 0.849.